The first-order valence-corrected chi connectivity index (χ1v) is 6.65. The standard InChI is InChI=1S/C14H23N3O2/c1-16-5-7-17(8-6-16)13-4-3-12(15)11-14(13)19-10-9-18-2/h3-4,11H,5-10,15H2,1-2H3. The zero-order valence-corrected chi connectivity index (χ0v) is 11.8. The largest absolute Gasteiger partial charge is 0.489 e. The van der Waals surface area contributed by atoms with Crippen LogP contribution < -0.4 is 15.4 Å². The summed E-state index contributed by atoms with van der Waals surface area (Å²) >= 11 is 0. The molecule has 19 heavy (non-hydrogen) atoms. The summed E-state index contributed by atoms with van der Waals surface area (Å²) in [7, 11) is 3.82. The van der Waals surface area contributed by atoms with E-state index >= 15 is 0 Å². The minimum atomic E-state index is 0.542. The SMILES string of the molecule is COCCOc1cc(N)ccc1N1CCN(C)CC1. The van der Waals surface area contributed by atoms with Crippen LogP contribution in [0.25, 0.3) is 0 Å². The number of methoxy groups -OCH3 is 1. The lowest BCUT2D eigenvalue weighted by molar-refractivity contribution is 0.146. The normalized spacial score (nSPS) is 16.6. The van der Waals surface area contributed by atoms with Gasteiger partial charge in [0.2, 0.25) is 0 Å². The van der Waals surface area contributed by atoms with Gasteiger partial charge in [-0.05, 0) is 19.2 Å². The van der Waals surface area contributed by atoms with Crippen molar-refractivity contribution < 1.29 is 9.47 Å². The average molecular weight is 265 g/mol. The van der Waals surface area contributed by atoms with E-state index in [9.17, 15) is 0 Å². The van der Waals surface area contributed by atoms with Crippen LogP contribution in [0.4, 0.5) is 11.4 Å². The molecule has 0 amide bonds. The van der Waals surface area contributed by atoms with E-state index in [1.807, 2.05) is 18.2 Å². The Bertz CT molecular complexity index is 404. The smallest absolute Gasteiger partial charge is 0.144 e. The molecule has 0 saturated carbocycles. The number of nitrogens with zero attached hydrogens (tertiary/aromatic N) is 2. The Balaban J connectivity index is 2.09. The fraction of sp³-hybridized carbons (Fsp3) is 0.571. The molecule has 1 aliphatic heterocycles. The van der Waals surface area contributed by atoms with Crippen molar-refractivity contribution >= 4 is 11.4 Å². The first-order valence-electron chi connectivity index (χ1n) is 6.65. The Labute approximate surface area is 114 Å². The van der Waals surface area contributed by atoms with Crippen molar-refractivity contribution in [1.82, 2.24) is 4.90 Å². The molecule has 106 valence electrons. The van der Waals surface area contributed by atoms with Crippen molar-refractivity contribution in [1.29, 1.82) is 0 Å². The lowest BCUT2D eigenvalue weighted by Gasteiger charge is -2.34. The highest BCUT2D eigenvalue weighted by molar-refractivity contribution is 5.64. The Morgan fingerprint density at radius 2 is 1.89 bits per heavy atom. The van der Waals surface area contributed by atoms with Gasteiger partial charge in [0, 0.05) is 45.0 Å². The molecule has 2 rings (SSSR count). The second-order valence-corrected chi connectivity index (χ2v) is 4.86. The second-order valence-electron chi connectivity index (χ2n) is 4.86. The predicted molar refractivity (Wildman–Crippen MR) is 77.9 cm³/mol. The first kappa shape index (κ1) is 14.0. The summed E-state index contributed by atoms with van der Waals surface area (Å²) in [5, 5.41) is 0. The lowest BCUT2D eigenvalue weighted by atomic mass is 10.2. The molecule has 2 N–H and O–H groups in total. The number of likely N-dealkylation sites (N-methyl/N-ethyl adjacent to an activating group) is 1. The first-order chi connectivity index (χ1) is 9.20. The number of ether oxygens (including phenoxy) is 2. The van der Waals surface area contributed by atoms with Gasteiger partial charge in [-0.15, -0.1) is 0 Å². The molecule has 0 radical (unpaired) electrons. The quantitative estimate of drug-likeness (QED) is 0.637. The summed E-state index contributed by atoms with van der Waals surface area (Å²) in [6.07, 6.45) is 0. The second kappa shape index (κ2) is 6.63. The molecule has 0 atom stereocenters. The van der Waals surface area contributed by atoms with Crippen LogP contribution in [0.5, 0.6) is 5.75 Å². The number of rotatable bonds is 5. The Morgan fingerprint density at radius 1 is 1.16 bits per heavy atom. The maximum atomic E-state index is 5.85. The monoisotopic (exact) mass is 265 g/mol. The molecular formula is C14H23N3O2. The maximum absolute atomic E-state index is 5.85. The number of hydrogen-bond acceptors (Lipinski definition) is 5. The Hall–Kier alpha value is -1.46. The van der Waals surface area contributed by atoms with E-state index in [-0.39, 0.29) is 0 Å². The summed E-state index contributed by atoms with van der Waals surface area (Å²) in [6.45, 7) is 5.30. The van der Waals surface area contributed by atoms with Crippen LogP contribution in [0.15, 0.2) is 18.2 Å². The summed E-state index contributed by atoms with van der Waals surface area (Å²) in [4.78, 5) is 4.68. The van der Waals surface area contributed by atoms with E-state index in [0.29, 0.717) is 13.2 Å². The van der Waals surface area contributed by atoms with E-state index in [4.69, 9.17) is 15.2 Å². The third-order valence-electron chi connectivity index (χ3n) is 3.37. The molecule has 1 saturated heterocycles. The number of hydrogen-bond donors (Lipinski definition) is 1. The van der Waals surface area contributed by atoms with Crippen LogP contribution >= 0.6 is 0 Å². The third-order valence-corrected chi connectivity index (χ3v) is 3.37. The molecule has 1 aliphatic rings. The number of nitrogens with two attached hydrogens (primary N) is 1. The maximum Gasteiger partial charge on any atom is 0.144 e. The molecule has 1 fully saturated rings. The molecular weight excluding hydrogens is 242 g/mol. The summed E-state index contributed by atoms with van der Waals surface area (Å²) in [6, 6.07) is 5.86. The van der Waals surface area contributed by atoms with Crippen LogP contribution in [-0.4, -0.2) is 58.5 Å². The minimum absolute atomic E-state index is 0.542. The Kier molecular flexibility index (Phi) is 4.87. The van der Waals surface area contributed by atoms with Gasteiger partial charge in [0.15, 0.2) is 0 Å². The summed E-state index contributed by atoms with van der Waals surface area (Å²) in [5.41, 5.74) is 7.70. The lowest BCUT2D eigenvalue weighted by Crippen LogP contribution is -2.44. The summed E-state index contributed by atoms with van der Waals surface area (Å²) in [5.74, 6) is 0.849. The van der Waals surface area contributed by atoms with Crippen molar-refractivity contribution in [3.63, 3.8) is 0 Å². The van der Waals surface area contributed by atoms with Crippen molar-refractivity contribution in [3.05, 3.63) is 18.2 Å². The number of piperazine rings is 1. The van der Waals surface area contributed by atoms with Crippen molar-refractivity contribution in [2.45, 2.75) is 0 Å². The highest BCUT2D eigenvalue weighted by atomic mass is 16.5. The predicted octanol–water partition coefficient (Wildman–Crippen LogP) is 1.05. The van der Waals surface area contributed by atoms with Gasteiger partial charge >= 0.3 is 0 Å². The van der Waals surface area contributed by atoms with Crippen molar-refractivity contribution in [3.8, 4) is 5.75 Å². The van der Waals surface area contributed by atoms with Crippen LogP contribution in [-0.2, 0) is 4.74 Å². The highest BCUT2D eigenvalue weighted by Crippen LogP contribution is 2.31. The molecule has 1 aromatic carbocycles. The van der Waals surface area contributed by atoms with Gasteiger partial charge in [0.25, 0.3) is 0 Å². The van der Waals surface area contributed by atoms with E-state index in [1.165, 1.54) is 0 Å². The molecule has 0 unspecified atom stereocenters. The van der Waals surface area contributed by atoms with E-state index < -0.39 is 0 Å². The third kappa shape index (κ3) is 3.75. The fourth-order valence-corrected chi connectivity index (χ4v) is 2.19. The number of nitrogen functional groups attached to an aromatic ring is 1. The van der Waals surface area contributed by atoms with Gasteiger partial charge in [0.1, 0.15) is 12.4 Å². The van der Waals surface area contributed by atoms with Gasteiger partial charge in [-0.1, -0.05) is 0 Å². The van der Waals surface area contributed by atoms with Crippen LogP contribution in [0.1, 0.15) is 0 Å². The van der Waals surface area contributed by atoms with Gasteiger partial charge < -0.3 is 25.0 Å². The minimum Gasteiger partial charge on any atom is -0.489 e. The topological polar surface area (TPSA) is 51.0 Å². The zero-order chi connectivity index (χ0) is 13.7. The van der Waals surface area contributed by atoms with Crippen LogP contribution in [0.2, 0.25) is 0 Å². The zero-order valence-electron chi connectivity index (χ0n) is 11.8. The van der Waals surface area contributed by atoms with Crippen LogP contribution in [0.3, 0.4) is 0 Å². The van der Waals surface area contributed by atoms with Crippen LogP contribution in [0, 0.1) is 0 Å². The Morgan fingerprint density at radius 3 is 2.58 bits per heavy atom. The van der Waals surface area contributed by atoms with E-state index in [2.05, 4.69) is 16.8 Å². The average Bonchev–Trinajstić information content (AvgIpc) is 2.41. The molecule has 0 aliphatic carbocycles. The molecule has 1 aromatic rings. The number of benzene rings is 1. The van der Waals surface area contributed by atoms with Gasteiger partial charge in [-0.2, -0.15) is 0 Å². The molecule has 0 aromatic heterocycles. The van der Waals surface area contributed by atoms with E-state index in [0.717, 1.165) is 43.3 Å². The number of anilines is 2. The molecule has 5 heteroatoms. The fourth-order valence-electron chi connectivity index (χ4n) is 2.19. The highest BCUT2D eigenvalue weighted by Gasteiger charge is 2.17. The summed E-state index contributed by atoms with van der Waals surface area (Å²) < 4.78 is 10.8. The van der Waals surface area contributed by atoms with Gasteiger partial charge in [0.05, 0.1) is 12.3 Å². The van der Waals surface area contributed by atoms with Crippen molar-refractivity contribution in [2.75, 3.05) is 64.2 Å². The molecule has 1 heterocycles. The van der Waals surface area contributed by atoms with E-state index in [1.54, 1.807) is 7.11 Å². The van der Waals surface area contributed by atoms with Gasteiger partial charge in [-0.3, -0.25) is 0 Å². The molecule has 5 nitrogen and oxygen atoms in total. The van der Waals surface area contributed by atoms with Gasteiger partial charge in [-0.25, -0.2) is 0 Å². The molecule has 0 bridgehead atoms. The molecule has 0 spiro atoms. The van der Waals surface area contributed by atoms with Crippen molar-refractivity contribution in [2.24, 2.45) is 0 Å².